The van der Waals surface area contributed by atoms with Crippen LogP contribution in [0.3, 0.4) is 0 Å². The smallest absolute Gasteiger partial charge is 0.0897 e. The van der Waals surface area contributed by atoms with Crippen LogP contribution in [-0.4, -0.2) is 35.1 Å². The highest BCUT2D eigenvalue weighted by Gasteiger charge is 2.38. The standard InChI is InChI=1S/C14H23N3S/c1-3-12-7-17(8-13-9-18-10(2)16-13)14(6-15-12)11-4-5-11/h9,11-12,14-15H,3-8H2,1-2H3. The zero-order valence-corrected chi connectivity index (χ0v) is 12.2. The molecule has 2 aliphatic rings. The van der Waals surface area contributed by atoms with Crippen LogP contribution in [0.1, 0.15) is 36.9 Å². The van der Waals surface area contributed by atoms with Gasteiger partial charge >= 0.3 is 0 Å². The van der Waals surface area contributed by atoms with Gasteiger partial charge in [-0.2, -0.15) is 0 Å². The van der Waals surface area contributed by atoms with E-state index in [2.05, 4.69) is 34.4 Å². The molecule has 0 aromatic carbocycles. The predicted molar refractivity (Wildman–Crippen MR) is 75.9 cm³/mol. The zero-order chi connectivity index (χ0) is 12.5. The summed E-state index contributed by atoms with van der Waals surface area (Å²) in [5.41, 5.74) is 1.26. The molecule has 0 amide bonds. The maximum Gasteiger partial charge on any atom is 0.0897 e. The van der Waals surface area contributed by atoms with Gasteiger partial charge in [0.15, 0.2) is 0 Å². The molecule has 1 aliphatic heterocycles. The molecule has 3 nitrogen and oxygen atoms in total. The van der Waals surface area contributed by atoms with Crippen molar-refractivity contribution < 1.29 is 0 Å². The summed E-state index contributed by atoms with van der Waals surface area (Å²) in [6, 6.07) is 1.41. The highest BCUT2D eigenvalue weighted by atomic mass is 32.1. The van der Waals surface area contributed by atoms with Gasteiger partial charge in [0.2, 0.25) is 0 Å². The fourth-order valence-corrected chi connectivity index (χ4v) is 3.59. The van der Waals surface area contributed by atoms with Crippen LogP contribution in [0, 0.1) is 12.8 Å². The number of thiazole rings is 1. The Kier molecular flexibility index (Phi) is 3.68. The summed E-state index contributed by atoms with van der Waals surface area (Å²) in [4.78, 5) is 7.30. The molecule has 18 heavy (non-hydrogen) atoms. The molecule has 1 N–H and O–H groups in total. The first-order valence-corrected chi connectivity index (χ1v) is 8.02. The SMILES string of the molecule is CCC1CN(Cc2csc(C)n2)C(C2CC2)CN1. The van der Waals surface area contributed by atoms with E-state index in [9.17, 15) is 0 Å². The van der Waals surface area contributed by atoms with E-state index < -0.39 is 0 Å². The molecule has 1 aromatic heterocycles. The Labute approximate surface area is 114 Å². The van der Waals surface area contributed by atoms with Crippen LogP contribution in [0.25, 0.3) is 0 Å². The van der Waals surface area contributed by atoms with Crippen molar-refractivity contribution in [2.24, 2.45) is 5.92 Å². The van der Waals surface area contributed by atoms with E-state index in [1.165, 1.54) is 43.1 Å². The fourth-order valence-electron chi connectivity index (χ4n) is 2.99. The summed E-state index contributed by atoms with van der Waals surface area (Å²) in [5.74, 6) is 0.940. The number of nitrogens with zero attached hydrogens (tertiary/aromatic N) is 2. The monoisotopic (exact) mass is 265 g/mol. The predicted octanol–water partition coefficient (Wildman–Crippen LogP) is 2.41. The molecule has 1 aromatic rings. The maximum atomic E-state index is 4.63. The lowest BCUT2D eigenvalue weighted by Gasteiger charge is -2.40. The van der Waals surface area contributed by atoms with Crippen molar-refractivity contribution in [3.8, 4) is 0 Å². The third-order valence-corrected chi connectivity index (χ3v) is 5.05. The highest BCUT2D eigenvalue weighted by Crippen LogP contribution is 2.37. The van der Waals surface area contributed by atoms with Crippen molar-refractivity contribution in [1.29, 1.82) is 0 Å². The van der Waals surface area contributed by atoms with E-state index in [4.69, 9.17) is 0 Å². The molecule has 3 rings (SSSR count). The van der Waals surface area contributed by atoms with Gasteiger partial charge < -0.3 is 5.32 Å². The second kappa shape index (κ2) is 5.27. The van der Waals surface area contributed by atoms with Crippen molar-refractivity contribution in [2.45, 2.75) is 51.7 Å². The lowest BCUT2D eigenvalue weighted by Crippen LogP contribution is -2.56. The second-order valence-electron chi connectivity index (χ2n) is 5.71. The molecule has 0 radical (unpaired) electrons. The molecule has 1 aliphatic carbocycles. The Morgan fingerprint density at radius 3 is 2.94 bits per heavy atom. The molecular formula is C14H23N3S. The molecule has 2 heterocycles. The molecule has 1 saturated heterocycles. The number of rotatable bonds is 4. The lowest BCUT2D eigenvalue weighted by atomic mass is 10.0. The average Bonchev–Trinajstić information content (AvgIpc) is 3.13. The first-order valence-electron chi connectivity index (χ1n) is 7.14. The van der Waals surface area contributed by atoms with Crippen molar-refractivity contribution in [3.05, 3.63) is 16.1 Å². The van der Waals surface area contributed by atoms with Crippen LogP contribution >= 0.6 is 11.3 Å². The van der Waals surface area contributed by atoms with Crippen molar-refractivity contribution >= 4 is 11.3 Å². The minimum atomic E-state index is 0.666. The van der Waals surface area contributed by atoms with E-state index >= 15 is 0 Å². The number of nitrogens with one attached hydrogen (secondary N) is 1. The lowest BCUT2D eigenvalue weighted by molar-refractivity contribution is 0.105. The van der Waals surface area contributed by atoms with Gasteiger partial charge in [0.25, 0.3) is 0 Å². The van der Waals surface area contributed by atoms with E-state index in [1.54, 1.807) is 11.3 Å². The van der Waals surface area contributed by atoms with Crippen molar-refractivity contribution in [2.75, 3.05) is 13.1 Å². The quantitative estimate of drug-likeness (QED) is 0.906. The maximum absolute atomic E-state index is 4.63. The molecule has 2 unspecified atom stereocenters. The van der Waals surface area contributed by atoms with Gasteiger partial charge in [0.1, 0.15) is 0 Å². The van der Waals surface area contributed by atoms with E-state index in [0.29, 0.717) is 6.04 Å². The third-order valence-electron chi connectivity index (χ3n) is 4.23. The van der Waals surface area contributed by atoms with Crippen LogP contribution in [0.15, 0.2) is 5.38 Å². The Morgan fingerprint density at radius 1 is 1.50 bits per heavy atom. The van der Waals surface area contributed by atoms with E-state index in [1.807, 2.05) is 0 Å². The number of hydrogen-bond donors (Lipinski definition) is 1. The van der Waals surface area contributed by atoms with Crippen LogP contribution in [0.2, 0.25) is 0 Å². The van der Waals surface area contributed by atoms with E-state index in [0.717, 1.165) is 18.5 Å². The highest BCUT2D eigenvalue weighted by molar-refractivity contribution is 7.09. The minimum absolute atomic E-state index is 0.666. The minimum Gasteiger partial charge on any atom is -0.311 e. The summed E-state index contributed by atoms with van der Waals surface area (Å²) >= 11 is 1.77. The molecule has 4 heteroatoms. The number of aryl methyl sites for hydroxylation is 1. The van der Waals surface area contributed by atoms with Crippen LogP contribution < -0.4 is 5.32 Å². The Bertz CT molecular complexity index is 399. The van der Waals surface area contributed by atoms with Crippen LogP contribution in [0.4, 0.5) is 0 Å². The average molecular weight is 265 g/mol. The summed E-state index contributed by atoms with van der Waals surface area (Å²) in [5, 5.41) is 7.12. The van der Waals surface area contributed by atoms with Gasteiger partial charge in [0, 0.05) is 37.1 Å². The zero-order valence-electron chi connectivity index (χ0n) is 11.4. The summed E-state index contributed by atoms with van der Waals surface area (Å²) < 4.78 is 0. The third kappa shape index (κ3) is 2.76. The first kappa shape index (κ1) is 12.6. The summed E-state index contributed by atoms with van der Waals surface area (Å²) in [6.07, 6.45) is 4.08. The largest absolute Gasteiger partial charge is 0.311 e. The van der Waals surface area contributed by atoms with E-state index in [-0.39, 0.29) is 0 Å². The normalized spacial score (nSPS) is 29.7. The fraction of sp³-hybridized carbons (Fsp3) is 0.786. The van der Waals surface area contributed by atoms with Gasteiger partial charge in [-0.05, 0) is 32.1 Å². The van der Waals surface area contributed by atoms with Gasteiger partial charge in [-0.3, -0.25) is 4.90 Å². The molecule has 0 spiro atoms. The van der Waals surface area contributed by atoms with Gasteiger partial charge in [-0.1, -0.05) is 6.92 Å². The topological polar surface area (TPSA) is 28.2 Å². The van der Waals surface area contributed by atoms with Gasteiger partial charge in [-0.15, -0.1) is 11.3 Å². The van der Waals surface area contributed by atoms with Gasteiger partial charge in [0.05, 0.1) is 10.7 Å². The Hall–Kier alpha value is -0.450. The molecule has 1 saturated carbocycles. The molecular weight excluding hydrogens is 242 g/mol. The Morgan fingerprint density at radius 2 is 2.33 bits per heavy atom. The van der Waals surface area contributed by atoms with Crippen LogP contribution in [0.5, 0.6) is 0 Å². The summed E-state index contributed by atoms with van der Waals surface area (Å²) in [7, 11) is 0. The second-order valence-corrected chi connectivity index (χ2v) is 6.77. The Balaban J connectivity index is 1.68. The molecule has 2 atom stereocenters. The van der Waals surface area contributed by atoms with Crippen molar-refractivity contribution in [3.63, 3.8) is 0 Å². The summed E-state index contributed by atoms with van der Waals surface area (Å²) in [6.45, 7) is 7.78. The van der Waals surface area contributed by atoms with Crippen molar-refractivity contribution in [1.82, 2.24) is 15.2 Å². The molecule has 0 bridgehead atoms. The molecule has 100 valence electrons. The first-order chi connectivity index (χ1) is 8.76. The van der Waals surface area contributed by atoms with Gasteiger partial charge in [-0.25, -0.2) is 4.98 Å². The number of hydrogen-bond acceptors (Lipinski definition) is 4. The number of piperazine rings is 1. The number of aromatic nitrogens is 1. The van der Waals surface area contributed by atoms with Crippen LogP contribution in [-0.2, 0) is 6.54 Å². The molecule has 2 fully saturated rings.